The van der Waals surface area contributed by atoms with Crippen molar-refractivity contribution in [3.8, 4) is 0 Å². The van der Waals surface area contributed by atoms with Gasteiger partial charge in [0.1, 0.15) is 5.78 Å². The summed E-state index contributed by atoms with van der Waals surface area (Å²) in [7, 11) is 0. The minimum Gasteiger partial charge on any atom is -0.316 e. The lowest BCUT2D eigenvalue weighted by Gasteiger charge is -2.26. The number of carbonyl (C=O) groups excluding carboxylic acids is 1. The number of hydrogen-bond donors (Lipinski definition) is 1. The van der Waals surface area contributed by atoms with Crippen LogP contribution in [-0.2, 0) is 11.2 Å². The molecule has 1 aromatic carbocycles. The van der Waals surface area contributed by atoms with Gasteiger partial charge in [-0.15, -0.1) is 0 Å². The van der Waals surface area contributed by atoms with Crippen LogP contribution in [0.25, 0.3) is 0 Å². The van der Waals surface area contributed by atoms with Crippen LogP contribution >= 0.6 is 23.2 Å². The molecule has 0 amide bonds. The summed E-state index contributed by atoms with van der Waals surface area (Å²) >= 11 is 11.8. The van der Waals surface area contributed by atoms with Crippen molar-refractivity contribution in [1.82, 2.24) is 5.32 Å². The van der Waals surface area contributed by atoms with Gasteiger partial charge >= 0.3 is 0 Å². The summed E-state index contributed by atoms with van der Waals surface area (Å²) in [6.45, 7) is 1.92. The molecule has 0 unspecified atom stereocenters. The van der Waals surface area contributed by atoms with E-state index in [4.69, 9.17) is 23.2 Å². The average molecular weight is 258 g/mol. The highest BCUT2D eigenvalue weighted by atomic mass is 35.5. The third-order valence-corrected chi connectivity index (χ3v) is 3.37. The largest absolute Gasteiger partial charge is 0.316 e. The molecule has 86 valence electrons. The van der Waals surface area contributed by atoms with Crippen LogP contribution in [0, 0.1) is 5.92 Å². The van der Waals surface area contributed by atoms with Crippen molar-refractivity contribution in [3.05, 3.63) is 33.8 Å². The van der Waals surface area contributed by atoms with Gasteiger partial charge in [-0.25, -0.2) is 0 Å². The second-order valence-corrected chi connectivity index (χ2v) is 5.02. The monoisotopic (exact) mass is 257 g/mol. The summed E-state index contributed by atoms with van der Waals surface area (Å²) in [5, 5.41) is 4.33. The first-order chi connectivity index (χ1) is 7.65. The fourth-order valence-corrected chi connectivity index (χ4v) is 2.24. The second-order valence-electron chi connectivity index (χ2n) is 4.18. The predicted molar refractivity (Wildman–Crippen MR) is 66.1 cm³/mol. The molecular weight excluding hydrogens is 245 g/mol. The maximum Gasteiger partial charge on any atom is 0.137 e. The molecule has 16 heavy (non-hydrogen) atoms. The van der Waals surface area contributed by atoms with Gasteiger partial charge in [-0.2, -0.15) is 0 Å². The highest BCUT2D eigenvalue weighted by Gasteiger charge is 2.20. The molecule has 0 radical (unpaired) electrons. The Hall–Kier alpha value is -0.570. The number of benzene rings is 1. The standard InChI is InChI=1S/C12H13Cl2NO/c13-10-2-1-9(12(14)5-10)4-11(16)3-8-6-15-7-8/h1-2,5,8,15H,3-4,6-7H2. The Morgan fingerprint density at radius 3 is 2.69 bits per heavy atom. The molecule has 1 aromatic rings. The highest BCUT2D eigenvalue weighted by molar-refractivity contribution is 6.35. The van der Waals surface area contributed by atoms with E-state index in [-0.39, 0.29) is 5.78 Å². The lowest BCUT2D eigenvalue weighted by molar-refractivity contribution is -0.119. The van der Waals surface area contributed by atoms with Crippen LogP contribution in [0.2, 0.25) is 10.0 Å². The number of ketones is 1. The maximum absolute atomic E-state index is 11.7. The van der Waals surface area contributed by atoms with Crippen molar-refractivity contribution in [1.29, 1.82) is 0 Å². The van der Waals surface area contributed by atoms with Gasteiger partial charge in [-0.3, -0.25) is 4.79 Å². The zero-order valence-corrected chi connectivity index (χ0v) is 10.3. The predicted octanol–water partition coefficient (Wildman–Crippen LogP) is 2.71. The van der Waals surface area contributed by atoms with Gasteiger partial charge in [0.2, 0.25) is 0 Å². The van der Waals surface area contributed by atoms with Crippen LogP contribution < -0.4 is 5.32 Å². The summed E-state index contributed by atoms with van der Waals surface area (Å²) in [6.07, 6.45) is 1.05. The zero-order chi connectivity index (χ0) is 11.5. The van der Waals surface area contributed by atoms with Crippen LogP contribution in [0.5, 0.6) is 0 Å². The molecule has 1 N–H and O–H groups in total. The summed E-state index contributed by atoms with van der Waals surface area (Å²) in [5.74, 6) is 0.759. The van der Waals surface area contributed by atoms with Gasteiger partial charge in [0.15, 0.2) is 0 Å². The molecule has 2 nitrogen and oxygen atoms in total. The molecule has 0 bridgehead atoms. The average Bonchev–Trinajstić information content (AvgIpc) is 2.16. The van der Waals surface area contributed by atoms with E-state index in [1.807, 2.05) is 6.07 Å². The molecule has 1 saturated heterocycles. The minimum absolute atomic E-state index is 0.246. The zero-order valence-electron chi connectivity index (χ0n) is 8.80. The smallest absolute Gasteiger partial charge is 0.137 e. The molecule has 0 aromatic heterocycles. The number of Topliss-reactive ketones (excluding diaryl/α,β-unsaturated/α-hetero) is 1. The van der Waals surface area contributed by atoms with E-state index in [9.17, 15) is 4.79 Å². The van der Waals surface area contributed by atoms with E-state index in [0.717, 1.165) is 18.7 Å². The first kappa shape index (κ1) is 11.9. The van der Waals surface area contributed by atoms with Crippen molar-refractivity contribution >= 4 is 29.0 Å². The van der Waals surface area contributed by atoms with Crippen LogP contribution in [0.1, 0.15) is 12.0 Å². The van der Waals surface area contributed by atoms with E-state index in [1.165, 1.54) is 0 Å². The van der Waals surface area contributed by atoms with Crippen molar-refractivity contribution in [2.24, 2.45) is 5.92 Å². The molecule has 1 aliphatic heterocycles. The quantitative estimate of drug-likeness (QED) is 0.899. The molecule has 1 aliphatic rings. The number of halogens is 2. The Bertz CT molecular complexity index is 402. The molecule has 0 aliphatic carbocycles. The number of rotatable bonds is 4. The Balaban J connectivity index is 1.94. The molecule has 4 heteroatoms. The van der Waals surface area contributed by atoms with Crippen LogP contribution in [0.3, 0.4) is 0 Å². The van der Waals surface area contributed by atoms with Gasteiger partial charge in [0.05, 0.1) is 0 Å². The van der Waals surface area contributed by atoms with Gasteiger partial charge in [0.25, 0.3) is 0 Å². The highest BCUT2D eigenvalue weighted by Crippen LogP contribution is 2.22. The van der Waals surface area contributed by atoms with Gasteiger partial charge in [0, 0.05) is 22.9 Å². The minimum atomic E-state index is 0.246. The van der Waals surface area contributed by atoms with E-state index in [0.29, 0.717) is 28.8 Å². The van der Waals surface area contributed by atoms with Crippen LogP contribution in [0.15, 0.2) is 18.2 Å². The summed E-state index contributed by atoms with van der Waals surface area (Å²) in [6, 6.07) is 5.26. The van der Waals surface area contributed by atoms with E-state index in [1.54, 1.807) is 12.1 Å². The topological polar surface area (TPSA) is 29.1 Å². The molecule has 1 heterocycles. The molecule has 0 atom stereocenters. The molecule has 2 rings (SSSR count). The summed E-state index contributed by atoms with van der Waals surface area (Å²) in [5.41, 5.74) is 0.864. The lowest BCUT2D eigenvalue weighted by Crippen LogP contribution is -2.43. The van der Waals surface area contributed by atoms with Crippen LogP contribution in [0.4, 0.5) is 0 Å². The fourth-order valence-electron chi connectivity index (χ4n) is 1.76. The SMILES string of the molecule is O=C(Cc1ccc(Cl)cc1Cl)CC1CNC1. The third kappa shape index (κ3) is 2.97. The van der Waals surface area contributed by atoms with Gasteiger partial charge in [-0.05, 0) is 36.7 Å². The number of carbonyl (C=O) groups is 1. The molecular formula is C12H13Cl2NO. The first-order valence-corrected chi connectivity index (χ1v) is 6.07. The normalized spacial score (nSPS) is 15.9. The lowest BCUT2D eigenvalue weighted by atomic mass is 9.94. The third-order valence-electron chi connectivity index (χ3n) is 2.79. The molecule has 0 saturated carbocycles. The summed E-state index contributed by atoms with van der Waals surface area (Å²) in [4.78, 5) is 11.7. The Morgan fingerprint density at radius 1 is 1.38 bits per heavy atom. The van der Waals surface area contributed by atoms with Crippen molar-refractivity contribution < 1.29 is 4.79 Å². The van der Waals surface area contributed by atoms with Crippen molar-refractivity contribution in [2.45, 2.75) is 12.8 Å². The Labute approximate surface area is 105 Å². The van der Waals surface area contributed by atoms with E-state index < -0.39 is 0 Å². The Kier molecular flexibility index (Phi) is 3.85. The first-order valence-electron chi connectivity index (χ1n) is 5.31. The molecule has 0 spiro atoms. The fraction of sp³-hybridized carbons (Fsp3) is 0.417. The van der Waals surface area contributed by atoms with E-state index in [2.05, 4.69) is 5.32 Å². The second kappa shape index (κ2) is 5.17. The maximum atomic E-state index is 11.7. The van der Waals surface area contributed by atoms with Crippen molar-refractivity contribution in [3.63, 3.8) is 0 Å². The number of hydrogen-bond acceptors (Lipinski definition) is 2. The Morgan fingerprint density at radius 2 is 2.12 bits per heavy atom. The van der Waals surface area contributed by atoms with Gasteiger partial charge in [-0.1, -0.05) is 29.3 Å². The number of nitrogens with one attached hydrogen (secondary N) is 1. The molecule has 1 fully saturated rings. The van der Waals surface area contributed by atoms with Gasteiger partial charge < -0.3 is 5.32 Å². The van der Waals surface area contributed by atoms with Crippen molar-refractivity contribution in [2.75, 3.05) is 13.1 Å². The van der Waals surface area contributed by atoms with E-state index >= 15 is 0 Å². The van der Waals surface area contributed by atoms with Crippen LogP contribution in [-0.4, -0.2) is 18.9 Å². The summed E-state index contributed by atoms with van der Waals surface area (Å²) < 4.78 is 0.